The summed E-state index contributed by atoms with van der Waals surface area (Å²) in [6, 6.07) is 2.68. The van der Waals surface area contributed by atoms with Gasteiger partial charge in [-0.25, -0.2) is 4.39 Å². The summed E-state index contributed by atoms with van der Waals surface area (Å²) in [5.41, 5.74) is 0.544. The van der Waals surface area contributed by atoms with Crippen molar-refractivity contribution < 1.29 is 13.9 Å². The van der Waals surface area contributed by atoms with E-state index in [1.165, 1.54) is 12.8 Å². The first-order valence-electron chi connectivity index (χ1n) is 7.80. The van der Waals surface area contributed by atoms with Crippen molar-refractivity contribution >= 4 is 0 Å². The molecular weight excluding hydrogens is 274 g/mol. The van der Waals surface area contributed by atoms with E-state index in [9.17, 15) is 13.9 Å². The van der Waals surface area contributed by atoms with Gasteiger partial charge in [0.2, 0.25) is 5.82 Å². The van der Waals surface area contributed by atoms with E-state index in [2.05, 4.69) is 10.2 Å². The van der Waals surface area contributed by atoms with Crippen LogP contribution in [0, 0.1) is 17.6 Å². The number of phenolic OH excluding ortho intramolecular Hbond substituents is 1. The van der Waals surface area contributed by atoms with Gasteiger partial charge in [0.1, 0.15) is 0 Å². The van der Waals surface area contributed by atoms with Gasteiger partial charge in [0.05, 0.1) is 0 Å². The first kappa shape index (κ1) is 14.7. The van der Waals surface area contributed by atoms with Crippen LogP contribution in [0.1, 0.15) is 37.3 Å². The third kappa shape index (κ3) is 2.90. The first-order valence-corrected chi connectivity index (χ1v) is 7.80. The third-order valence-electron chi connectivity index (χ3n) is 4.81. The van der Waals surface area contributed by atoms with E-state index in [4.69, 9.17) is 0 Å². The van der Waals surface area contributed by atoms with Gasteiger partial charge in [0, 0.05) is 37.8 Å². The van der Waals surface area contributed by atoms with Gasteiger partial charge in [-0.05, 0) is 24.8 Å². The summed E-state index contributed by atoms with van der Waals surface area (Å²) in [6.45, 7) is 3.54. The highest BCUT2D eigenvalue weighted by molar-refractivity contribution is 5.37. The Bertz CT molecular complexity index is 497. The number of phenols is 1. The number of piperazine rings is 1. The van der Waals surface area contributed by atoms with Gasteiger partial charge in [-0.15, -0.1) is 0 Å². The van der Waals surface area contributed by atoms with Crippen molar-refractivity contribution in [2.75, 3.05) is 26.2 Å². The Morgan fingerprint density at radius 2 is 1.81 bits per heavy atom. The smallest absolute Gasteiger partial charge is 0.200 e. The fraction of sp³-hybridized carbons (Fsp3) is 0.625. The van der Waals surface area contributed by atoms with Crippen molar-refractivity contribution in [3.63, 3.8) is 0 Å². The molecule has 0 amide bonds. The fourth-order valence-electron chi connectivity index (χ4n) is 3.78. The van der Waals surface area contributed by atoms with Crippen LogP contribution in [0.15, 0.2) is 12.1 Å². The van der Waals surface area contributed by atoms with Crippen LogP contribution in [-0.2, 0) is 0 Å². The number of benzene rings is 1. The molecule has 3 nitrogen and oxygen atoms in total. The minimum Gasteiger partial charge on any atom is -0.505 e. The molecule has 2 fully saturated rings. The molecule has 0 aromatic heterocycles. The van der Waals surface area contributed by atoms with E-state index in [1.54, 1.807) is 6.07 Å². The largest absolute Gasteiger partial charge is 0.505 e. The standard InChI is InChI=1S/C16H22F2N2O/c17-13-6-5-12(16(21)14(13)18)15(11-3-1-2-4-11)20-9-7-19-8-10-20/h5-6,11,15,19,21H,1-4,7-10H2/t15-/m0/s1. The molecule has 1 aromatic rings. The molecule has 1 aliphatic heterocycles. The molecule has 1 saturated carbocycles. The molecule has 0 bridgehead atoms. The van der Waals surface area contributed by atoms with Crippen molar-refractivity contribution in [3.8, 4) is 5.75 Å². The van der Waals surface area contributed by atoms with E-state index in [-0.39, 0.29) is 6.04 Å². The maximum Gasteiger partial charge on any atom is 0.200 e. The number of nitrogens with zero attached hydrogens (tertiary/aromatic N) is 1. The minimum absolute atomic E-state index is 0.00954. The molecular formula is C16H22F2N2O. The highest BCUT2D eigenvalue weighted by atomic mass is 19.2. The number of nitrogens with one attached hydrogen (secondary N) is 1. The zero-order valence-electron chi connectivity index (χ0n) is 12.1. The van der Waals surface area contributed by atoms with Crippen LogP contribution in [0.4, 0.5) is 8.78 Å². The first-order chi connectivity index (χ1) is 10.2. The zero-order valence-corrected chi connectivity index (χ0v) is 12.1. The van der Waals surface area contributed by atoms with Crippen LogP contribution in [0.5, 0.6) is 5.75 Å². The summed E-state index contributed by atoms with van der Waals surface area (Å²) in [5, 5.41) is 13.4. The summed E-state index contributed by atoms with van der Waals surface area (Å²) < 4.78 is 27.0. The number of halogens is 2. The average Bonchev–Trinajstić information content (AvgIpc) is 3.03. The lowest BCUT2D eigenvalue weighted by molar-refractivity contribution is 0.122. The van der Waals surface area contributed by atoms with Gasteiger partial charge in [0.25, 0.3) is 0 Å². The molecule has 1 atom stereocenters. The summed E-state index contributed by atoms with van der Waals surface area (Å²) in [6.07, 6.45) is 4.54. The van der Waals surface area contributed by atoms with Crippen LogP contribution in [0.25, 0.3) is 0 Å². The number of aromatic hydroxyl groups is 1. The van der Waals surface area contributed by atoms with Crippen molar-refractivity contribution in [1.29, 1.82) is 0 Å². The van der Waals surface area contributed by atoms with Gasteiger partial charge in [-0.3, -0.25) is 4.90 Å². The molecule has 116 valence electrons. The Hall–Kier alpha value is -1.20. The van der Waals surface area contributed by atoms with E-state index in [1.807, 2.05) is 0 Å². The van der Waals surface area contributed by atoms with E-state index in [0.29, 0.717) is 11.5 Å². The molecule has 1 aromatic carbocycles. The van der Waals surface area contributed by atoms with E-state index in [0.717, 1.165) is 45.1 Å². The fourth-order valence-corrected chi connectivity index (χ4v) is 3.78. The number of rotatable bonds is 3. The average molecular weight is 296 g/mol. The lowest BCUT2D eigenvalue weighted by Crippen LogP contribution is -2.46. The third-order valence-corrected chi connectivity index (χ3v) is 4.81. The molecule has 2 N–H and O–H groups in total. The molecule has 0 unspecified atom stereocenters. The number of hydrogen-bond donors (Lipinski definition) is 2. The summed E-state index contributed by atoms with van der Waals surface area (Å²) >= 11 is 0. The second-order valence-corrected chi connectivity index (χ2v) is 6.07. The summed E-state index contributed by atoms with van der Waals surface area (Å²) in [7, 11) is 0. The van der Waals surface area contributed by atoms with Crippen LogP contribution >= 0.6 is 0 Å². The maximum atomic E-state index is 13.7. The Morgan fingerprint density at radius 1 is 1.14 bits per heavy atom. The molecule has 21 heavy (non-hydrogen) atoms. The second kappa shape index (κ2) is 6.28. The Morgan fingerprint density at radius 3 is 2.48 bits per heavy atom. The highest BCUT2D eigenvalue weighted by Crippen LogP contribution is 2.43. The van der Waals surface area contributed by atoms with E-state index < -0.39 is 17.4 Å². The Kier molecular flexibility index (Phi) is 4.40. The van der Waals surface area contributed by atoms with Gasteiger partial charge in [-0.2, -0.15) is 4.39 Å². The normalized spacial score (nSPS) is 22.6. The predicted molar refractivity (Wildman–Crippen MR) is 77.2 cm³/mol. The van der Waals surface area contributed by atoms with E-state index >= 15 is 0 Å². The van der Waals surface area contributed by atoms with Crippen LogP contribution in [-0.4, -0.2) is 36.2 Å². The van der Waals surface area contributed by atoms with Crippen molar-refractivity contribution in [1.82, 2.24) is 10.2 Å². The molecule has 3 rings (SSSR count). The molecule has 5 heteroatoms. The molecule has 1 aliphatic carbocycles. The molecule has 0 spiro atoms. The Balaban J connectivity index is 1.96. The minimum atomic E-state index is -1.12. The van der Waals surface area contributed by atoms with Gasteiger partial charge >= 0.3 is 0 Å². The monoisotopic (exact) mass is 296 g/mol. The maximum absolute atomic E-state index is 13.7. The second-order valence-electron chi connectivity index (χ2n) is 6.07. The van der Waals surface area contributed by atoms with Crippen LogP contribution in [0.2, 0.25) is 0 Å². The summed E-state index contributed by atoms with van der Waals surface area (Å²) in [4.78, 5) is 2.30. The molecule has 1 heterocycles. The SMILES string of the molecule is Oc1c([C@H](C2CCCC2)N2CCNCC2)ccc(F)c1F. The highest BCUT2D eigenvalue weighted by Gasteiger charge is 2.34. The number of hydrogen-bond acceptors (Lipinski definition) is 3. The quantitative estimate of drug-likeness (QED) is 0.900. The Labute approximate surface area is 124 Å². The summed E-state index contributed by atoms with van der Waals surface area (Å²) in [5.74, 6) is -2.20. The predicted octanol–water partition coefficient (Wildman–Crippen LogP) is 2.81. The van der Waals surface area contributed by atoms with Crippen LogP contribution < -0.4 is 5.32 Å². The van der Waals surface area contributed by atoms with Gasteiger partial charge in [-0.1, -0.05) is 18.9 Å². The van der Waals surface area contributed by atoms with Crippen molar-refractivity contribution in [3.05, 3.63) is 29.3 Å². The van der Waals surface area contributed by atoms with Gasteiger partial charge < -0.3 is 10.4 Å². The lowest BCUT2D eigenvalue weighted by atomic mass is 9.89. The molecule has 0 radical (unpaired) electrons. The molecule has 1 saturated heterocycles. The molecule has 2 aliphatic rings. The van der Waals surface area contributed by atoms with Crippen LogP contribution in [0.3, 0.4) is 0 Å². The van der Waals surface area contributed by atoms with Crippen molar-refractivity contribution in [2.45, 2.75) is 31.7 Å². The zero-order chi connectivity index (χ0) is 14.8. The topological polar surface area (TPSA) is 35.5 Å². The van der Waals surface area contributed by atoms with Gasteiger partial charge in [0.15, 0.2) is 11.6 Å². The lowest BCUT2D eigenvalue weighted by Gasteiger charge is -2.38. The van der Waals surface area contributed by atoms with Crippen molar-refractivity contribution in [2.24, 2.45) is 5.92 Å².